The molecule has 5 N–H and O–H groups in total. The molecule has 0 fully saturated rings. The lowest BCUT2D eigenvalue weighted by molar-refractivity contribution is -0.133. The van der Waals surface area contributed by atoms with Crippen LogP contribution in [0, 0.1) is 5.92 Å². The number of carbonyl (C=O) groups is 5. The molecule has 5 amide bonds. The number of carbonyl (C=O) groups excluding carboxylic acids is 5. The number of benzene rings is 1. The van der Waals surface area contributed by atoms with Crippen molar-refractivity contribution in [2.75, 3.05) is 33.8 Å². The van der Waals surface area contributed by atoms with Gasteiger partial charge in [-0.3, -0.25) is 24.0 Å². The standard InChI is InChI=1S/C28H44N6O6/c1-17(2)24-28(39)30-18(3)16-40-22-12-8-7-11-20(22)26(37)32-21(15-23(35)31-19(4)25(36)33-24)27(38)29-13-9-10-14-34(5)6/h7-8,11-12,17-19,21,24H,9-10,13-16H2,1-6H3,(H,29,38)(H,30,39)(H,31,35)(H,32,37)(H,33,36)/t18-,19-,21-,24+/m0/s1. The Morgan fingerprint density at radius 1 is 1.00 bits per heavy atom. The van der Waals surface area contributed by atoms with Gasteiger partial charge in [-0.05, 0) is 65.4 Å². The predicted molar refractivity (Wildman–Crippen MR) is 151 cm³/mol. The van der Waals surface area contributed by atoms with E-state index in [0.29, 0.717) is 6.54 Å². The molecule has 0 spiro atoms. The second-order valence-corrected chi connectivity index (χ2v) is 10.8. The number of nitrogens with one attached hydrogen (secondary N) is 5. The summed E-state index contributed by atoms with van der Waals surface area (Å²) in [5.74, 6) is -2.61. The van der Waals surface area contributed by atoms with Gasteiger partial charge < -0.3 is 36.2 Å². The summed E-state index contributed by atoms with van der Waals surface area (Å²) in [5.41, 5.74) is 0.180. The maximum atomic E-state index is 13.3. The summed E-state index contributed by atoms with van der Waals surface area (Å²) >= 11 is 0. The molecular weight excluding hydrogens is 516 g/mol. The first-order valence-corrected chi connectivity index (χ1v) is 13.7. The molecule has 0 aromatic heterocycles. The van der Waals surface area contributed by atoms with E-state index in [4.69, 9.17) is 4.74 Å². The van der Waals surface area contributed by atoms with Crippen LogP contribution in [0.5, 0.6) is 5.75 Å². The van der Waals surface area contributed by atoms with Crippen LogP contribution in [-0.2, 0) is 19.2 Å². The molecule has 0 radical (unpaired) electrons. The average molecular weight is 561 g/mol. The van der Waals surface area contributed by atoms with E-state index in [-0.39, 0.29) is 30.3 Å². The first-order valence-electron chi connectivity index (χ1n) is 13.7. The third-order valence-corrected chi connectivity index (χ3v) is 6.37. The van der Waals surface area contributed by atoms with Crippen molar-refractivity contribution >= 4 is 29.5 Å². The number of amides is 5. The lowest BCUT2D eigenvalue weighted by Crippen LogP contribution is -2.56. The molecule has 2 rings (SSSR count). The van der Waals surface area contributed by atoms with Crippen molar-refractivity contribution in [3.8, 4) is 5.75 Å². The van der Waals surface area contributed by atoms with Crippen LogP contribution in [0.2, 0.25) is 0 Å². The minimum absolute atomic E-state index is 0.0576. The number of nitrogens with zero attached hydrogens (tertiary/aromatic N) is 1. The normalized spacial score (nSPS) is 23.2. The predicted octanol–water partition coefficient (Wildman–Crippen LogP) is 0.176. The van der Waals surface area contributed by atoms with Gasteiger partial charge in [-0.15, -0.1) is 0 Å². The van der Waals surface area contributed by atoms with Crippen LogP contribution in [-0.4, -0.2) is 92.4 Å². The van der Waals surface area contributed by atoms with Crippen LogP contribution < -0.4 is 31.3 Å². The number of hydrogen-bond donors (Lipinski definition) is 5. The number of fused-ring (bicyclic) bond motifs is 1. The first kappa shape index (κ1) is 32.5. The van der Waals surface area contributed by atoms with Crippen LogP contribution in [0.25, 0.3) is 0 Å². The Kier molecular flexibility index (Phi) is 12.9. The van der Waals surface area contributed by atoms with Crippen molar-refractivity contribution in [2.45, 2.75) is 71.1 Å². The van der Waals surface area contributed by atoms with Crippen LogP contribution in [0.4, 0.5) is 0 Å². The summed E-state index contributed by atoms with van der Waals surface area (Å²) in [6.45, 7) is 8.14. The highest BCUT2D eigenvalue weighted by Gasteiger charge is 2.30. The smallest absolute Gasteiger partial charge is 0.255 e. The molecule has 40 heavy (non-hydrogen) atoms. The molecular formula is C28H44N6O6. The van der Waals surface area contributed by atoms with Gasteiger partial charge in [0.2, 0.25) is 23.6 Å². The van der Waals surface area contributed by atoms with Gasteiger partial charge >= 0.3 is 0 Å². The number of para-hydroxylation sites is 1. The van der Waals surface area contributed by atoms with E-state index in [9.17, 15) is 24.0 Å². The Morgan fingerprint density at radius 2 is 1.70 bits per heavy atom. The lowest BCUT2D eigenvalue weighted by atomic mass is 10.0. The second kappa shape index (κ2) is 15.8. The lowest BCUT2D eigenvalue weighted by Gasteiger charge is -2.25. The maximum Gasteiger partial charge on any atom is 0.255 e. The molecule has 1 aliphatic rings. The fourth-order valence-electron chi connectivity index (χ4n) is 4.07. The molecule has 0 saturated carbocycles. The Labute approximate surface area is 236 Å². The van der Waals surface area contributed by atoms with Gasteiger partial charge in [-0.1, -0.05) is 26.0 Å². The number of rotatable bonds is 7. The molecule has 1 aromatic rings. The van der Waals surface area contributed by atoms with Crippen molar-refractivity contribution in [3.05, 3.63) is 29.8 Å². The SMILES string of the molecule is CC(C)[C@H]1NC(=O)[C@H](C)NC(=O)C[C@@H](C(=O)NCCCCN(C)C)NC(=O)c2ccccc2OC[C@H](C)NC1=O. The maximum absolute atomic E-state index is 13.3. The van der Waals surface area contributed by atoms with Gasteiger partial charge in [-0.25, -0.2) is 0 Å². The third kappa shape index (κ3) is 10.5. The van der Waals surface area contributed by atoms with Gasteiger partial charge in [0.15, 0.2) is 0 Å². The van der Waals surface area contributed by atoms with Crippen molar-refractivity contribution in [1.82, 2.24) is 31.5 Å². The number of unbranched alkanes of at least 4 members (excludes halogenated alkanes) is 1. The zero-order chi connectivity index (χ0) is 29.8. The van der Waals surface area contributed by atoms with Crippen LogP contribution in [0.3, 0.4) is 0 Å². The summed E-state index contributed by atoms with van der Waals surface area (Å²) in [7, 11) is 3.93. The summed E-state index contributed by atoms with van der Waals surface area (Å²) in [6.07, 6.45) is 1.21. The van der Waals surface area contributed by atoms with Crippen LogP contribution >= 0.6 is 0 Å². The van der Waals surface area contributed by atoms with Crippen molar-refractivity contribution in [1.29, 1.82) is 0 Å². The summed E-state index contributed by atoms with van der Waals surface area (Å²) < 4.78 is 5.86. The molecule has 1 aromatic carbocycles. The minimum atomic E-state index is -1.19. The highest BCUT2D eigenvalue weighted by Crippen LogP contribution is 2.19. The van der Waals surface area contributed by atoms with E-state index in [2.05, 4.69) is 26.6 Å². The van der Waals surface area contributed by atoms with E-state index in [1.165, 1.54) is 6.92 Å². The van der Waals surface area contributed by atoms with Gasteiger partial charge in [0, 0.05) is 6.54 Å². The summed E-state index contributed by atoms with van der Waals surface area (Å²) in [4.78, 5) is 67.0. The summed E-state index contributed by atoms with van der Waals surface area (Å²) in [6, 6.07) is 3.08. The highest BCUT2D eigenvalue weighted by molar-refractivity contribution is 6.01. The Hall–Kier alpha value is -3.67. The van der Waals surface area contributed by atoms with E-state index in [1.54, 1.807) is 45.0 Å². The van der Waals surface area contributed by atoms with Gasteiger partial charge in [-0.2, -0.15) is 0 Å². The van der Waals surface area contributed by atoms with Crippen molar-refractivity contribution in [3.63, 3.8) is 0 Å². The fourth-order valence-corrected chi connectivity index (χ4v) is 4.07. The van der Waals surface area contributed by atoms with Crippen molar-refractivity contribution < 1.29 is 28.7 Å². The van der Waals surface area contributed by atoms with E-state index in [0.717, 1.165) is 19.4 Å². The molecule has 12 nitrogen and oxygen atoms in total. The molecule has 1 aliphatic heterocycles. The molecule has 0 aliphatic carbocycles. The highest BCUT2D eigenvalue weighted by atomic mass is 16.5. The Morgan fingerprint density at radius 3 is 2.38 bits per heavy atom. The number of hydrogen-bond acceptors (Lipinski definition) is 7. The van der Waals surface area contributed by atoms with E-state index in [1.807, 2.05) is 19.0 Å². The van der Waals surface area contributed by atoms with Gasteiger partial charge in [0.1, 0.15) is 30.5 Å². The van der Waals surface area contributed by atoms with Gasteiger partial charge in [0.05, 0.1) is 18.0 Å². The average Bonchev–Trinajstić information content (AvgIpc) is 2.88. The second-order valence-electron chi connectivity index (χ2n) is 10.8. The Bertz CT molecular complexity index is 1050. The molecule has 4 atom stereocenters. The summed E-state index contributed by atoms with van der Waals surface area (Å²) in [5, 5.41) is 13.5. The number of ether oxygens (including phenoxy) is 1. The fraction of sp³-hybridized carbons (Fsp3) is 0.607. The molecule has 12 heteroatoms. The zero-order valence-corrected chi connectivity index (χ0v) is 24.3. The molecule has 0 saturated heterocycles. The molecule has 0 unspecified atom stereocenters. The van der Waals surface area contributed by atoms with Crippen molar-refractivity contribution in [2.24, 2.45) is 5.92 Å². The van der Waals surface area contributed by atoms with Crippen LogP contribution in [0.1, 0.15) is 57.3 Å². The quantitative estimate of drug-likeness (QED) is 0.298. The molecule has 0 bridgehead atoms. The van der Waals surface area contributed by atoms with E-state index < -0.39 is 53.7 Å². The zero-order valence-electron chi connectivity index (χ0n) is 24.3. The Balaban J connectivity index is 2.30. The molecule has 222 valence electrons. The minimum Gasteiger partial charge on any atom is -0.491 e. The largest absolute Gasteiger partial charge is 0.491 e. The molecule has 1 heterocycles. The van der Waals surface area contributed by atoms with Gasteiger partial charge in [0.25, 0.3) is 5.91 Å². The van der Waals surface area contributed by atoms with Crippen LogP contribution in [0.15, 0.2) is 24.3 Å². The topological polar surface area (TPSA) is 158 Å². The third-order valence-electron chi connectivity index (χ3n) is 6.37. The monoisotopic (exact) mass is 560 g/mol. The van der Waals surface area contributed by atoms with E-state index >= 15 is 0 Å². The first-order chi connectivity index (χ1) is 18.9.